The number of fused-ring (bicyclic) bond motifs is 1. The predicted octanol–water partition coefficient (Wildman–Crippen LogP) is 5.40. The Hall–Kier alpha value is -5.26. The second-order valence-electron chi connectivity index (χ2n) is 11.9. The standard InChI is InChI=1S/C34H40N6O6/c1-23(39(32(42)35-24-12-8-7-9-13-24)28-17-16-25(44-5)22-29(28)45-6)30-36-27-15-11-10-14-26(27)31(41)40(30)38-20-18-37(19-21-38)33(43)46-34(2,3)4/h7-17,22-23H,18-21H2,1-6H3,(H,35,42). The van der Waals surface area contributed by atoms with Crippen molar-refractivity contribution in [2.45, 2.75) is 39.3 Å². The Kier molecular flexibility index (Phi) is 9.36. The van der Waals surface area contributed by atoms with Gasteiger partial charge in [-0.2, -0.15) is 0 Å². The molecule has 1 saturated heterocycles. The number of piperazine rings is 1. The third kappa shape index (κ3) is 6.85. The van der Waals surface area contributed by atoms with Gasteiger partial charge in [0, 0.05) is 24.8 Å². The van der Waals surface area contributed by atoms with E-state index >= 15 is 0 Å². The Balaban J connectivity index is 1.59. The minimum atomic E-state index is -0.771. The molecular formula is C34H40N6O6. The van der Waals surface area contributed by atoms with Crippen molar-refractivity contribution in [1.82, 2.24) is 14.6 Å². The van der Waals surface area contributed by atoms with Gasteiger partial charge in [-0.15, -0.1) is 0 Å². The van der Waals surface area contributed by atoms with Crippen molar-refractivity contribution in [2.24, 2.45) is 0 Å². The van der Waals surface area contributed by atoms with Gasteiger partial charge >= 0.3 is 12.1 Å². The lowest BCUT2D eigenvalue weighted by atomic mass is 10.1. The van der Waals surface area contributed by atoms with Crippen LogP contribution in [0.3, 0.4) is 0 Å². The molecule has 4 aromatic rings. The molecular weight excluding hydrogens is 588 g/mol. The molecule has 2 heterocycles. The molecule has 0 saturated carbocycles. The van der Waals surface area contributed by atoms with Crippen LogP contribution in [0, 0.1) is 0 Å². The van der Waals surface area contributed by atoms with Crippen molar-refractivity contribution < 1.29 is 23.8 Å². The van der Waals surface area contributed by atoms with E-state index in [0.717, 1.165) is 0 Å². The third-order valence-corrected chi connectivity index (χ3v) is 7.62. The summed E-state index contributed by atoms with van der Waals surface area (Å²) in [6, 6.07) is 20.2. The fourth-order valence-electron chi connectivity index (χ4n) is 5.39. The normalized spacial score (nSPS) is 14.0. The van der Waals surface area contributed by atoms with Crippen LogP contribution in [0.25, 0.3) is 10.9 Å². The smallest absolute Gasteiger partial charge is 0.410 e. The van der Waals surface area contributed by atoms with Crippen molar-refractivity contribution >= 4 is 34.4 Å². The number of carbonyl (C=O) groups is 2. The average Bonchev–Trinajstić information content (AvgIpc) is 3.04. The number of benzene rings is 3. The lowest BCUT2D eigenvalue weighted by Gasteiger charge is -2.39. The largest absolute Gasteiger partial charge is 0.497 e. The van der Waals surface area contributed by atoms with Gasteiger partial charge in [-0.25, -0.2) is 19.2 Å². The molecule has 242 valence electrons. The first-order chi connectivity index (χ1) is 22.0. The molecule has 0 radical (unpaired) electrons. The van der Waals surface area contributed by atoms with Crippen molar-refractivity contribution in [3.63, 3.8) is 0 Å². The van der Waals surface area contributed by atoms with E-state index < -0.39 is 23.8 Å². The highest BCUT2D eigenvalue weighted by molar-refractivity contribution is 6.03. The summed E-state index contributed by atoms with van der Waals surface area (Å²) in [6.07, 6.45) is -0.403. The molecule has 1 N–H and O–H groups in total. The molecule has 1 atom stereocenters. The van der Waals surface area contributed by atoms with Gasteiger partial charge in [0.1, 0.15) is 17.1 Å². The quantitative estimate of drug-likeness (QED) is 0.289. The zero-order valence-electron chi connectivity index (χ0n) is 27.0. The van der Waals surface area contributed by atoms with Crippen LogP contribution in [0.5, 0.6) is 11.5 Å². The monoisotopic (exact) mass is 628 g/mol. The number of rotatable bonds is 7. The van der Waals surface area contributed by atoms with Gasteiger partial charge in [0.05, 0.1) is 49.9 Å². The van der Waals surface area contributed by atoms with Crippen molar-refractivity contribution in [2.75, 3.05) is 55.6 Å². The van der Waals surface area contributed by atoms with E-state index in [0.29, 0.717) is 65.8 Å². The molecule has 1 unspecified atom stereocenters. The minimum Gasteiger partial charge on any atom is -0.497 e. The second kappa shape index (κ2) is 13.4. The number of anilines is 2. The maximum Gasteiger partial charge on any atom is 0.410 e. The molecule has 0 spiro atoms. The summed E-state index contributed by atoms with van der Waals surface area (Å²) in [5.74, 6) is 1.30. The van der Waals surface area contributed by atoms with Crippen LogP contribution < -0.4 is 30.3 Å². The topological polar surface area (TPSA) is 118 Å². The number of ether oxygens (including phenoxy) is 3. The molecule has 5 rings (SSSR count). The molecule has 0 aliphatic carbocycles. The number of hydrogen-bond donors (Lipinski definition) is 1. The Morgan fingerprint density at radius 3 is 2.24 bits per heavy atom. The van der Waals surface area contributed by atoms with Gasteiger partial charge in [-0.1, -0.05) is 30.3 Å². The summed E-state index contributed by atoms with van der Waals surface area (Å²) in [4.78, 5) is 49.3. The van der Waals surface area contributed by atoms with E-state index in [1.165, 1.54) is 16.7 Å². The first-order valence-electron chi connectivity index (χ1n) is 15.1. The summed E-state index contributed by atoms with van der Waals surface area (Å²) >= 11 is 0. The van der Waals surface area contributed by atoms with E-state index in [1.807, 2.05) is 57.0 Å². The lowest BCUT2D eigenvalue weighted by molar-refractivity contribution is 0.0231. The molecule has 0 bridgehead atoms. The third-order valence-electron chi connectivity index (χ3n) is 7.62. The van der Waals surface area contributed by atoms with Gasteiger partial charge < -0.3 is 29.4 Å². The molecule has 46 heavy (non-hydrogen) atoms. The number of aromatic nitrogens is 2. The van der Waals surface area contributed by atoms with Gasteiger partial charge in [0.25, 0.3) is 5.56 Å². The minimum absolute atomic E-state index is 0.275. The molecule has 1 aliphatic rings. The van der Waals surface area contributed by atoms with Crippen molar-refractivity contribution in [3.05, 3.63) is 89.0 Å². The highest BCUT2D eigenvalue weighted by Gasteiger charge is 2.33. The number of urea groups is 1. The lowest BCUT2D eigenvalue weighted by Crippen LogP contribution is -2.57. The zero-order valence-corrected chi connectivity index (χ0v) is 27.0. The first kappa shape index (κ1) is 32.1. The van der Waals surface area contributed by atoms with Crippen molar-refractivity contribution in [3.8, 4) is 11.5 Å². The molecule has 3 aromatic carbocycles. The number of methoxy groups -OCH3 is 2. The van der Waals surface area contributed by atoms with E-state index in [9.17, 15) is 14.4 Å². The number of nitrogens with one attached hydrogen (secondary N) is 1. The van der Waals surface area contributed by atoms with Crippen LogP contribution in [-0.2, 0) is 4.74 Å². The Bertz CT molecular complexity index is 1760. The van der Waals surface area contributed by atoms with Crippen LogP contribution >= 0.6 is 0 Å². The van der Waals surface area contributed by atoms with Crippen molar-refractivity contribution in [1.29, 1.82) is 0 Å². The summed E-state index contributed by atoms with van der Waals surface area (Å²) in [6.45, 7) is 8.67. The summed E-state index contributed by atoms with van der Waals surface area (Å²) in [5.41, 5.74) is 0.654. The molecule has 1 aromatic heterocycles. The number of amides is 3. The molecule has 3 amide bonds. The fourth-order valence-corrected chi connectivity index (χ4v) is 5.39. The molecule has 12 heteroatoms. The first-order valence-corrected chi connectivity index (χ1v) is 15.1. The van der Waals surface area contributed by atoms with Crippen LogP contribution in [-0.4, -0.2) is 72.7 Å². The maximum absolute atomic E-state index is 14.2. The fraction of sp³-hybridized carbons (Fsp3) is 0.353. The number of carbonyl (C=O) groups excluding carboxylic acids is 2. The molecule has 1 aliphatic heterocycles. The van der Waals surface area contributed by atoms with E-state index in [4.69, 9.17) is 19.2 Å². The van der Waals surface area contributed by atoms with Crippen LogP contribution in [0.2, 0.25) is 0 Å². The Morgan fingerprint density at radius 2 is 1.59 bits per heavy atom. The van der Waals surface area contributed by atoms with Gasteiger partial charge in [0.2, 0.25) is 0 Å². The average molecular weight is 629 g/mol. The molecule has 1 fully saturated rings. The Morgan fingerprint density at radius 1 is 0.913 bits per heavy atom. The van der Waals surface area contributed by atoms with E-state index in [-0.39, 0.29) is 5.56 Å². The number of nitrogens with zero attached hydrogens (tertiary/aromatic N) is 5. The summed E-state index contributed by atoms with van der Waals surface area (Å²) in [5, 5.41) is 5.28. The maximum atomic E-state index is 14.2. The molecule has 12 nitrogen and oxygen atoms in total. The van der Waals surface area contributed by atoms with E-state index in [2.05, 4.69) is 5.32 Å². The van der Waals surface area contributed by atoms with Crippen LogP contribution in [0.1, 0.15) is 39.6 Å². The number of hydrogen-bond acceptors (Lipinski definition) is 8. The highest BCUT2D eigenvalue weighted by atomic mass is 16.6. The van der Waals surface area contributed by atoms with Gasteiger partial charge in [-0.3, -0.25) is 9.69 Å². The second-order valence-corrected chi connectivity index (χ2v) is 11.9. The van der Waals surface area contributed by atoms with Crippen LogP contribution in [0.15, 0.2) is 77.6 Å². The number of para-hydroxylation sites is 2. The van der Waals surface area contributed by atoms with Gasteiger partial charge in [0.15, 0.2) is 5.82 Å². The Labute approximate surface area is 268 Å². The van der Waals surface area contributed by atoms with Crippen LogP contribution in [0.4, 0.5) is 21.0 Å². The zero-order chi connectivity index (χ0) is 33.0. The predicted molar refractivity (Wildman–Crippen MR) is 178 cm³/mol. The van der Waals surface area contributed by atoms with E-state index in [1.54, 1.807) is 60.5 Å². The van der Waals surface area contributed by atoms with Gasteiger partial charge in [-0.05, 0) is 64.1 Å². The summed E-state index contributed by atoms with van der Waals surface area (Å²) < 4.78 is 18.2. The SMILES string of the molecule is COc1ccc(N(C(=O)Nc2ccccc2)C(C)c2nc3ccccc3c(=O)n2N2CCN(C(=O)OC(C)(C)C)CC2)c(OC)c1. The highest BCUT2D eigenvalue weighted by Crippen LogP contribution is 2.37. The summed E-state index contributed by atoms with van der Waals surface area (Å²) in [7, 11) is 3.07.